The number of aryl methyl sites for hydroxylation is 1. The van der Waals surface area contributed by atoms with Crippen LogP contribution in [0.25, 0.3) is 0 Å². The van der Waals surface area contributed by atoms with Gasteiger partial charge in [0, 0.05) is 7.47 Å². The van der Waals surface area contributed by atoms with Crippen molar-refractivity contribution in [2.45, 2.75) is 25.8 Å². The Morgan fingerprint density at radius 2 is 2.33 bits per heavy atom. The average Bonchev–Trinajstić information content (AvgIpc) is 2.50. The number of benzene rings is 1. The van der Waals surface area contributed by atoms with Crippen LogP contribution in [-0.2, 0) is 6.42 Å². The van der Waals surface area contributed by atoms with Gasteiger partial charge in [-0.3, -0.25) is 0 Å². The summed E-state index contributed by atoms with van der Waals surface area (Å²) >= 11 is 0. The lowest BCUT2D eigenvalue weighted by Gasteiger charge is -2.11. The molecule has 1 aromatic rings. The Labute approximate surface area is 75.3 Å². The standard InChI is InChI=1S/C11H15N.H2/c1-2-12-11-8-7-9-5-3-4-6-10(9)11;/h3-6,11-12H,2,7-8H2,1H3;1H/t11-;/m0./s1. The van der Waals surface area contributed by atoms with Crippen LogP contribution in [0.15, 0.2) is 24.3 Å². The van der Waals surface area contributed by atoms with Gasteiger partial charge in [0.1, 0.15) is 0 Å². The second kappa shape index (κ2) is 3.28. The van der Waals surface area contributed by atoms with E-state index in [1.165, 1.54) is 24.0 Å². The maximum Gasteiger partial charge on any atom is 0.0326 e. The average molecular weight is 163 g/mol. The molecule has 2 rings (SSSR count). The molecule has 0 heterocycles. The largest absolute Gasteiger partial charge is 0.310 e. The highest BCUT2D eigenvalue weighted by Gasteiger charge is 2.19. The van der Waals surface area contributed by atoms with E-state index in [0.29, 0.717) is 6.04 Å². The van der Waals surface area contributed by atoms with E-state index in [4.69, 9.17) is 0 Å². The Bertz CT molecular complexity index is 271. The van der Waals surface area contributed by atoms with Gasteiger partial charge in [-0.05, 0) is 30.5 Å². The van der Waals surface area contributed by atoms with Crippen molar-refractivity contribution in [3.8, 4) is 0 Å². The molecule has 1 heteroatoms. The lowest BCUT2D eigenvalue weighted by atomic mass is 10.1. The molecule has 1 atom stereocenters. The van der Waals surface area contributed by atoms with Crippen molar-refractivity contribution in [2.75, 3.05) is 6.54 Å². The van der Waals surface area contributed by atoms with Gasteiger partial charge in [0.2, 0.25) is 0 Å². The lowest BCUT2D eigenvalue weighted by molar-refractivity contribution is 0.549. The Balaban J connectivity index is 0.000000845. The van der Waals surface area contributed by atoms with Gasteiger partial charge >= 0.3 is 0 Å². The summed E-state index contributed by atoms with van der Waals surface area (Å²) < 4.78 is 0. The molecule has 0 fully saturated rings. The van der Waals surface area contributed by atoms with Crippen LogP contribution >= 0.6 is 0 Å². The molecule has 0 unspecified atom stereocenters. The number of nitrogens with one attached hydrogen (secondary N) is 1. The molecule has 1 aromatic carbocycles. The summed E-state index contributed by atoms with van der Waals surface area (Å²) in [4.78, 5) is 0. The smallest absolute Gasteiger partial charge is 0.0326 e. The Hall–Kier alpha value is -0.820. The molecule has 0 saturated carbocycles. The minimum atomic E-state index is 0. The van der Waals surface area contributed by atoms with E-state index in [1.54, 1.807) is 0 Å². The Morgan fingerprint density at radius 1 is 1.50 bits per heavy atom. The topological polar surface area (TPSA) is 12.0 Å². The van der Waals surface area contributed by atoms with Gasteiger partial charge in [-0.2, -0.15) is 0 Å². The fourth-order valence-corrected chi connectivity index (χ4v) is 2.02. The van der Waals surface area contributed by atoms with Crippen LogP contribution in [0.2, 0.25) is 0 Å². The van der Waals surface area contributed by atoms with Crippen molar-refractivity contribution in [2.24, 2.45) is 0 Å². The molecular weight excluding hydrogens is 146 g/mol. The Morgan fingerprint density at radius 3 is 3.17 bits per heavy atom. The maximum atomic E-state index is 3.50. The summed E-state index contributed by atoms with van der Waals surface area (Å²) in [6.45, 7) is 3.24. The summed E-state index contributed by atoms with van der Waals surface area (Å²) in [5.41, 5.74) is 3.04. The van der Waals surface area contributed by atoms with Gasteiger partial charge in [-0.25, -0.2) is 0 Å². The number of hydrogen-bond donors (Lipinski definition) is 1. The zero-order valence-electron chi connectivity index (χ0n) is 7.51. The third-order valence-corrected chi connectivity index (χ3v) is 2.58. The summed E-state index contributed by atoms with van der Waals surface area (Å²) in [7, 11) is 0. The molecule has 12 heavy (non-hydrogen) atoms. The van der Waals surface area contributed by atoms with E-state index in [0.717, 1.165) is 6.54 Å². The number of rotatable bonds is 2. The second-order valence-corrected chi connectivity index (χ2v) is 3.35. The quantitative estimate of drug-likeness (QED) is 0.706. The van der Waals surface area contributed by atoms with Gasteiger partial charge < -0.3 is 5.32 Å². The summed E-state index contributed by atoms with van der Waals surface area (Å²) in [6.07, 6.45) is 2.51. The highest BCUT2D eigenvalue weighted by molar-refractivity contribution is 5.34. The van der Waals surface area contributed by atoms with Crippen LogP contribution in [0.4, 0.5) is 0 Å². The van der Waals surface area contributed by atoms with Crippen molar-refractivity contribution in [3.63, 3.8) is 0 Å². The Kier molecular flexibility index (Phi) is 2.13. The third-order valence-electron chi connectivity index (χ3n) is 2.58. The van der Waals surface area contributed by atoms with Crippen molar-refractivity contribution in [1.29, 1.82) is 0 Å². The van der Waals surface area contributed by atoms with Crippen LogP contribution in [-0.4, -0.2) is 6.54 Å². The number of fused-ring (bicyclic) bond motifs is 1. The van der Waals surface area contributed by atoms with Crippen molar-refractivity contribution >= 4 is 0 Å². The summed E-state index contributed by atoms with van der Waals surface area (Å²) in [5.74, 6) is 0. The molecule has 0 bridgehead atoms. The molecule has 66 valence electrons. The molecule has 1 aliphatic carbocycles. The SMILES string of the molecule is CCN[C@H]1CCc2ccccc21.[HH]. The molecule has 1 N–H and O–H groups in total. The van der Waals surface area contributed by atoms with Crippen LogP contribution in [0.5, 0.6) is 0 Å². The van der Waals surface area contributed by atoms with Gasteiger partial charge in [0.15, 0.2) is 0 Å². The predicted octanol–water partition coefficient (Wildman–Crippen LogP) is 2.53. The van der Waals surface area contributed by atoms with E-state index >= 15 is 0 Å². The van der Waals surface area contributed by atoms with Crippen molar-refractivity contribution in [1.82, 2.24) is 5.32 Å². The predicted molar refractivity (Wildman–Crippen MR) is 53.3 cm³/mol. The monoisotopic (exact) mass is 163 g/mol. The first kappa shape index (κ1) is 7.81. The molecule has 0 amide bonds. The molecule has 0 saturated heterocycles. The minimum Gasteiger partial charge on any atom is -0.310 e. The lowest BCUT2D eigenvalue weighted by Crippen LogP contribution is -2.18. The van der Waals surface area contributed by atoms with E-state index in [1.807, 2.05) is 0 Å². The fraction of sp³-hybridized carbons (Fsp3) is 0.455. The van der Waals surface area contributed by atoms with Crippen molar-refractivity contribution in [3.05, 3.63) is 35.4 Å². The van der Waals surface area contributed by atoms with E-state index < -0.39 is 0 Å². The highest BCUT2D eigenvalue weighted by Crippen LogP contribution is 2.30. The maximum absolute atomic E-state index is 3.50. The van der Waals surface area contributed by atoms with E-state index in [-0.39, 0.29) is 1.43 Å². The van der Waals surface area contributed by atoms with Crippen molar-refractivity contribution < 1.29 is 1.43 Å². The minimum absolute atomic E-state index is 0. The first-order valence-electron chi connectivity index (χ1n) is 4.73. The third kappa shape index (κ3) is 1.25. The second-order valence-electron chi connectivity index (χ2n) is 3.35. The number of hydrogen-bond acceptors (Lipinski definition) is 1. The summed E-state index contributed by atoms with van der Waals surface area (Å²) in [5, 5.41) is 3.50. The highest BCUT2D eigenvalue weighted by atomic mass is 14.9. The van der Waals surface area contributed by atoms with Gasteiger partial charge in [0.25, 0.3) is 0 Å². The molecule has 0 aliphatic heterocycles. The molecule has 1 aliphatic rings. The zero-order valence-corrected chi connectivity index (χ0v) is 7.51. The first-order chi connectivity index (χ1) is 5.92. The van der Waals surface area contributed by atoms with E-state index in [9.17, 15) is 0 Å². The van der Waals surface area contributed by atoms with E-state index in [2.05, 4.69) is 36.5 Å². The molecule has 0 radical (unpaired) electrons. The van der Waals surface area contributed by atoms with Crippen LogP contribution < -0.4 is 5.32 Å². The fourth-order valence-electron chi connectivity index (χ4n) is 2.02. The van der Waals surface area contributed by atoms with Crippen LogP contribution in [0, 0.1) is 0 Å². The van der Waals surface area contributed by atoms with Gasteiger partial charge in [-0.1, -0.05) is 31.2 Å². The molecule has 0 spiro atoms. The normalized spacial score (nSPS) is 20.9. The summed E-state index contributed by atoms with van der Waals surface area (Å²) in [6, 6.07) is 9.37. The first-order valence-corrected chi connectivity index (χ1v) is 4.73. The zero-order chi connectivity index (χ0) is 8.39. The molecule has 1 nitrogen and oxygen atoms in total. The van der Waals surface area contributed by atoms with Crippen LogP contribution in [0.1, 0.15) is 31.9 Å². The van der Waals surface area contributed by atoms with Gasteiger partial charge in [-0.15, -0.1) is 0 Å². The van der Waals surface area contributed by atoms with Crippen LogP contribution in [0.3, 0.4) is 0 Å². The van der Waals surface area contributed by atoms with Gasteiger partial charge in [0.05, 0.1) is 0 Å². The molecule has 0 aromatic heterocycles. The molecular formula is C11H17N.